The van der Waals surface area contributed by atoms with E-state index in [1.54, 1.807) is 12.1 Å². The molecule has 0 saturated heterocycles. The molecule has 0 radical (unpaired) electrons. The van der Waals surface area contributed by atoms with Crippen LogP contribution >= 0.6 is 11.6 Å². The van der Waals surface area contributed by atoms with Crippen LogP contribution in [0, 0.1) is 5.82 Å². The van der Waals surface area contributed by atoms with Gasteiger partial charge in [0.15, 0.2) is 0 Å². The smallest absolute Gasteiger partial charge is 0.262 e. The first kappa shape index (κ1) is 13.4. The molecule has 0 heterocycles. The van der Waals surface area contributed by atoms with Gasteiger partial charge in [0.25, 0.3) is 5.91 Å². The van der Waals surface area contributed by atoms with Gasteiger partial charge in [-0.1, -0.05) is 23.7 Å². The summed E-state index contributed by atoms with van der Waals surface area (Å²) in [5, 5.41) is 9.44. The van der Waals surface area contributed by atoms with E-state index < -0.39 is 11.7 Å². The molecule has 0 aliphatic rings. The Morgan fingerprint density at radius 1 is 1.26 bits per heavy atom. The quantitative estimate of drug-likeness (QED) is 0.914. The molecule has 2 rings (SSSR count). The number of anilines is 1. The molecule has 2 aromatic rings. The minimum absolute atomic E-state index is 0.0248. The average Bonchev–Trinajstić information content (AvgIpc) is 2.37. The van der Waals surface area contributed by atoms with Gasteiger partial charge in [0, 0.05) is 18.8 Å². The fraction of sp³-hybridized carbons (Fsp3) is 0.0714. The molecule has 0 saturated carbocycles. The van der Waals surface area contributed by atoms with Crippen LogP contribution < -0.4 is 4.90 Å². The number of hydrogen-bond acceptors (Lipinski definition) is 2. The Balaban J connectivity index is 2.39. The van der Waals surface area contributed by atoms with Gasteiger partial charge < -0.3 is 10.0 Å². The molecule has 0 aliphatic heterocycles. The molecule has 0 unspecified atom stereocenters. The average molecular weight is 280 g/mol. The Morgan fingerprint density at radius 2 is 1.95 bits per heavy atom. The van der Waals surface area contributed by atoms with Crippen molar-refractivity contribution in [1.29, 1.82) is 0 Å². The first-order valence-corrected chi connectivity index (χ1v) is 5.89. The van der Waals surface area contributed by atoms with Gasteiger partial charge in [0.2, 0.25) is 0 Å². The van der Waals surface area contributed by atoms with Crippen molar-refractivity contribution in [3.8, 4) is 5.75 Å². The van der Waals surface area contributed by atoms with Crippen LogP contribution in [-0.4, -0.2) is 18.1 Å². The van der Waals surface area contributed by atoms with Crippen LogP contribution in [0.2, 0.25) is 5.02 Å². The lowest BCUT2D eigenvalue weighted by atomic mass is 10.1. The number of rotatable bonds is 2. The van der Waals surface area contributed by atoms with E-state index in [2.05, 4.69) is 0 Å². The van der Waals surface area contributed by atoms with Crippen LogP contribution in [0.15, 0.2) is 42.5 Å². The Kier molecular flexibility index (Phi) is 3.71. The zero-order valence-electron chi connectivity index (χ0n) is 10.1. The van der Waals surface area contributed by atoms with E-state index in [0.717, 1.165) is 0 Å². The van der Waals surface area contributed by atoms with Gasteiger partial charge in [-0.2, -0.15) is 0 Å². The minimum Gasteiger partial charge on any atom is -0.508 e. The summed E-state index contributed by atoms with van der Waals surface area (Å²) in [6.45, 7) is 0. The molecule has 0 atom stereocenters. The first-order valence-electron chi connectivity index (χ1n) is 5.52. The summed E-state index contributed by atoms with van der Waals surface area (Å²) in [4.78, 5) is 13.4. The predicted octanol–water partition coefficient (Wildman–Crippen LogP) is 3.46. The molecule has 0 aromatic heterocycles. The molecule has 3 nitrogen and oxygen atoms in total. The summed E-state index contributed by atoms with van der Waals surface area (Å²) >= 11 is 5.85. The van der Waals surface area contributed by atoms with Gasteiger partial charge in [-0.25, -0.2) is 4.39 Å². The highest BCUT2D eigenvalue weighted by atomic mass is 35.5. The van der Waals surface area contributed by atoms with Gasteiger partial charge in [-0.05, 0) is 24.3 Å². The number of carbonyl (C=O) groups is 1. The molecular weight excluding hydrogens is 269 g/mol. The summed E-state index contributed by atoms with van der Waals surface area (Å²) in [6, 6.07) is 10.2. The van der Waals surface area contributed by atoms with Crippen LogP contribution in [0.4, 0.5) is 10.1 Å². The topological polar surface area (TPSA) is 40.5 Å². The van der Waals surface area contributed by atoms with Crippen molar-refractivity contribution in [2.75, 3.05) is 11.9 Å². The van der Waals surface area contributed by atoms with Crippen molar-refractivity contribution in [1.82, 2.24) is 0 Å². The van der Waals surface area contributed by atoms with Crippen LogP contribution in [0.5, 0.6) is 5.75 Å². The van der Waals surface area contributed by atoms with Gasteiger partial charge >= 0.3 is 0 Å². The number of phenolic OH excluding ortho intramolecular Hbond substituents is 1. The molecule has 0 spiro atoms. The Hall–Kier alpha value is -2.07. The number of benzene rings is 2. The summed E-state index contributed by atoms with van der Waals surface area (Å²) < 4.78 is 13.7. The molecular formula is C14H11ClFNO2. The molecule has 0 aliphatic carbocycles. The second kappa shape index (κ2) is 5.28. The second-order valence-electron chi connectivity index (χ2n) is 3.98. The molecule has 1 amide bonds. The van der Waals surface area contributed by atoms with Crippen LogP contribution in [0.3, 0.4) is 0 Å². The summed E-state index contributed by atoms with van der Waals surface area (Å²) in [7, 11) is 1.49. The largest absolute Gasteiger partial charge is 0.508 e. The van der Waals surface area contributed by atoms with E-state index in [1.807, 2.05) is 0 Å². The summed E-state index contributed by atoms with van der Waals surface area (Å²) in [5.41, 5.74) is 0.263. The number of hydrogen-bond donors (Lipinski definition) is 1. The van der Waals surface area contributed by atoms with Gasteiger partial charge in [0.05, 0.1) is 10.6 Å². The number of aromatic hydroxyl groups is 1. The zero-order valence-corrected chi connectivity index (χ0v) is 10.9. The maximum absolute atomic E-state index is 13.7. The highest BCUT2D eigenvalue weighted by Crippen LogP contribution is 2.25. The lowest BCUT2D eigenvalue weighted by molar-refractivity contribution is 0.0989. The van der Waals surface area contributed by atoms with Crippen molar-refractivity contribution in [2.45, 2.75) is 0 Å². The van der Waals surface area contributed by atoms with E-state index in [9.17, 15) is 14.3 Å². The van der Waals surface area contributed by atoms with Crippen molar-refractivity contribution >= 4 is 23.2 Å². The fourth-order valence-corrected chi connectivity index (χ4v) is 1.93. The predicted molar refractivity (Wildman–Crippen MR) is 72.3 cm³/mol. The molecule has 1 N–H and O–H groups in total. The third-order valence-electron chi connectivity index (χ3n) is 2.70. The van der Waals surface area contributed by atoms with Gasteiger partial charge in [-0.15, -0.1) is 0 Å². The normalized spacial score (nSPS) is 10.3. The van der Waals surface area contributed by atoms with Crippen molar-refractivity contribution < 1.29 is 14.3 Å². The molecule has 98 valence electrons. The number of halogens is 2. The zero-order chi connectivity index (χ0) is 14.0. The highest BCUT2D eigenvalue weighted by Gasteiger charge is 2.20. The standard InChI is InChI=1S/C14H11ClFNO2/c1-17(9-4-2-5-10(18)8-9)14(19)13-11(15)6-3-7-12(13)16/h2-8,18H,1H3. The number of phenols is 1. The summed E-state index contributed by atoms with van der Waals surface area (Å²) in [5.74, 6) is -1.23. The van der Waals surface area contributed by atoms with E-state index >= 15 is 0 Å². The Bertz CT molecular complexity index is 610. The maximum atomic E-state index is 13.7. The van der Waals surface area contributed by atoms with E-state index in [4.69, 9.17) is 11.6 Å². The monoisotopic (exact) mass is 279 g/mol. The fourth-order valence-electron chi connectivity index (χ4n) is 1.69. The number of nitrogens with zero attached hydrogens (tertiary/aromatic N) is 1. The highest BCUT2D eigenvalue weighted by molar-refractivity contribution is 6.34. The van der Waals surface area contributed by atoms with Crippen LogP contribution in [-0.2, 0) is 0 Å². The van der Waals surface area contributed by atoms with E-state index in [1.165, 1.54) is 42.3 Å². The van der Waals surface area contributed by atoms with Crippen molar-refractivity contribution in [3.05, 3.63) is 58.9 Å². The van der Waals surface area contributed by atoms with E-state index in [0.29, 0.717) is 5.69 Å². The van der Waals surface area contributed by atoms with Crippen molar-refractivity contribution in [3.63, 3.8) is 0 Å². The Labute approximate surface area is 114 Å². The SMILES string of the molecule is CN(C(=O)c1c(F)cccc1Cl)c1cccc(O)c1. The third kappa shape index (κ3) is 2.69. The first-order chi connectivity index (χ1) is 9.00. The van der Waals surface area contributed by atoms with E-state index in [-0.39, 0.29) is 16.3 Å². The summed E-state index contributed by atoms with van der Waals surface area (Å²) in [6.07, 6.45) is 0. The van der Waals surface area contributed by atoms with Crippen LogP contribution in [0.25, 0.3) is 0 Å². The molecule has 2 aromatic carbocycles. The second-order valence-corrected chi connectivity index (χ2v) is 4.39. The Morgan fingerprint density at radius 3 is 2.58 bits per heavy atom. The van der Waals surface area contributed by atoms with Gasteiger partial charge in [-0.3, -0.25) is 4.79 Å². The number of amides is 1. The van der Waals surface area contributed by atoms with Crippen molar-refractivity contribution in [2.24, 2.45) is 0 Å². The molecule has 5 heteroatoms. The third-order valence-corrected chi connectivity index (χ3v) is 3.01. The number of carbonyl (C=O) groups excluding carboxylic acids is 1. The lowest BCUT2D eigenvalue weighted by Crippen LogP contribution is -2.27. The van der Waals surface area contributed by atoms with Crippen LogP contribution in [0.1, 0.15) is 10.4 Å². The maximum Gasteiger partial charge on any atom is 0.262 e. The minimum atomic E-state index is -0.676. The van der Waals surface area contributed by atoms with Gasteiger partial charge in [0.1, 0.15) is 11.6 Å². The lowest BCUT2D eigenvalue weighted by Gasteiger charge is -2.18. The molecule has 0 bridgehead atoms. The molecule has 19 heavy (non-hydrogen) atoms. The molecule has 0 fully saturated rings.